The van der Waals surface area contributed by atoms with Gasteiger partial charge in [0.2, 0.25) is 0 Å². The van der Waals surface area contributed by atoms with Crippen molar-refractivity contribution in [2.24, 2.45) is 0 Å². The highest BCUT2D eigenvalue weighted by atomic mass is 79.9. The standard InChI is InChI=1S/C17H18BrNO2/c18-15-10-8-14(9-11-15)17(21)19-16(7-4-12-20)13-5-2-1-3-6-13/h1-3,5-6,8-11,16,20H,4,7,12H2,(H,19,21). The third-order valence-corrected chi connectivity index (χ3v) is 3.79. The van der Waals surface area contributed by atoms with E-state index >= 15 is 0 Å². The quantitative estimate of drug-likeness (QED) is 0.837. The molecule has 110 valence electrons. The van der Waals surface area contributed by atoms with Crippen LogP contribution >= 0.6 is 15.9 Å². The van der Waals surface area contributed by atoms with Crippen LogP contribution in [0.1, 0.15) is 34.8 Å². The molecule has 2 aromatic rings. The number of halogens is 1. The molecular weight excluding hydrogens is 330 g/mol. The third-order valence-electron chi connectivity index (χ3n) is 3.26. The number of aliphatic hydroxyl groups is 1. The van der Waals surface area contributed by atoms with Crippen LogP contribution < -0.4 is 5.32 Å². The number of rotatable bonds is 6. The average molecular weight is 348 g/mol. The summed E-state index contributed by atoms with van der Waals surface area (Å²) in [5.74, 6) is -0.103. The highest BCUT2D eigenvalue weighted by Crippen LogP contribution is 2.19. The van der Waals surface area contributed by atoms with Crippen molar-refractivity contribution >= 4 is 21.8 Å². The van der Waals surface area contributed by atoms with E-state index < -0.39 is 0 Å². The summed E-state index contributed by atoms with van der Waals surface area (Å²) in [5.41, 5.74) is 1.68. The van der Waals surface area contributed by atoms with Crippen LogP contribution in [0.25, 0.3) is 0 Å². The molecule has 1 unspecified atom stereocenters. The van der Waals surface area contributed by atoms with E-state index in [1.807, 2.05) is 42.5 Å². The first kappa shape index (κ1) is 15.7. The van der Waals surface area contributed by atoms with Crippen molar-refractivity contribution in [3.63, 3.8) is 0 Å². The molecule has 0 saturated heterocycles. The van der Waals surface area contributed by atoms with E-state index in [9.17, 15) is 4.79 Å². The van der Waals surface area contributed by atoms with E-state index in [0.717, 1.165) is 10.0 Å². The van der Waals surface area contributed by atoms with Gasteiger partial charge in [-0.15, -0.1) is 0 Å². The van der Waals surface area contributed by atoms with Gasteiger partial charge in [0.25, 0.3) is 5.91 Å². The van der Waals surface area contributed by atoms with Crippen LogP contribution in [0.15, 0.2) is 59.1 Å². The fourth-order valence-corrected chi connectivity index (χ4v) is 2.41. The Labute approximate surface area is 133 Å². The van der Waals surface area contributed by atoms with Crippen LogP contribution in [0, 0.1) is 0 Å². The molecule has 2 aromatic carbocycles. The Balaban J connectivity index is 2.11. The predicted molar refractivity (Wildman–Crippen MR) is 87.1 cm³/mol. The van der Waals surface area contributed by atoms with Crippen molar-refractivity contribution in [1.82, 2.24) is 5.32 Å². The second kappa shape index (κ2) is 7.96. The highest BCUT2D eigenvalue weighted by molar-refractivity contribution is 9.10. The molecule has 21 heavy (non-hydrogen) atoms. The lowest BCUT2D eigenvalue weighted by Gasteiger charge is -2.19. The second-order valence-corrected chi connectivity index (χ2v) is 5.73. The van der Waals surface area contributed by atoms with Crippen molar-refractivity contribution < 1.29 is 9.90 Å². The number of amides is 1. The molecule has 3 nitrogen and oxygen atoms in total. The molecule has 1 amide bonds. The monoisotopic (exact) mass is 347 g/mol. The first-order chi connectivity index (χ1) is 10.2. The van der Waals surface area contributed by atoms with Crippen molar-refractivity contribution in [3.05, 3.63) is 70.2 Å². The van der Waals surface area contributed by atoms with E-state index in [2.05, 4.69) is 21.2 Å². The Bertz CT molecular complexity index is 569. The lowest BCUT2D eigenvalue weighted by atomic mass is 10.0. The molecule has 0 spiro atoms. The maximum Gasteiger partial charge on any atom is 0.251 e. The maximum absolute atomic E-state index is 12.3. The summed E-state index contributed by atoms with van der Waals surface area (Å²) in [5, 5.41) is 12.1. The van der Waals surface area contributed by atoms with Crippen molar-refractivity contribution in [3.8, 4) is 0 Å². The van der Waals surface area contributed by atoms with Crippen LogP contribution in [-0.2, 0) is 0 Å². The minimum absolute atomic E-state index is 0.0884. The minimum atomic E-state index is -0.103. The number of benzene rings is 2. The number of carbonyl (C=O) groups excluding carboxylic acids is 1. The molecule has 1 atom stereocenters. The third kappa shape index (κ3) is 4.69. The van der Waals surface area contributed by atoms with Gasteiger partial charge in [-0.25, -0.2) is 0 Å². The molecule has 0 aliphatic carbocycles. The zero-order valence-corrected chi connectivity index (χ0v) is 13.2. The van der Waals surface area contributed by atoms with Crippen LogP contribution in [-0.4, -0.2) is 17.6 Å². The lowest BCUT2D eigenvalue weighted by molar-refractivity contribution is 0.0932. The van der Waals surface area contributed by atoms with E-state index in [-0.39, 0.29) is 18.6 Å². The molecular formula is C17H18BrNO2. The highest BCUT2D eigenvalue weighted by Gasteiger charge is 2.15. The number of aliphatic hydroxyl groups excluding tert-OH is 1. The molecule has 0 radical (unpaired) electrons. The first-order valence-electron chi connectivity index (χ1n) is 6.93. The van der Waals surface area contributed by atoms with E-state index in [1.54, 1.807) is 12.1 Å². The summed E-state index contributed by atoms with van der Waals surface area (Å²) in [4.78, 5) is 12.3. The van der Waals surface area contributed by atoms with E-state index in [0.29, 0.717) is 18.4 Å². The molecule has 2 rings (SSSR count). The summed E-state index contributed by atoms with van der Waals surface area (Å²) in [6.45, 7) is 0.123. The molecule has 0 heterocycles. The largest absolute Gasteiger partial charge is 0.396 e. The summed E-state index contributed by atoms with van der Waals surface area (Å²) in [7, 11) is 0. The number of carbonyl (C=O) groups is 1. The molecule has 0 saturated carbocycles. The van der Waals surface area contributed by atoms with Gasteiger partial charge >= 0.3 is 0 Å². The van der Waals surface area contributed by atoms with Gasteiger partial charge in [-0.2, -0.15) is 0 Å². The Hall–Kier alpha value is -1.65. The average Bonchev–Trinajstić information content (AvgIpc) is 2.52. The Morgan fingerprint density at radius 2 is 1.76 bits per heavy atom. The summed E-state index contributed by atoms with van der Waals surface area (Å²) < 4.78 is 0.943. The van der Waals surface area contributed by atoms with Gasteiger partial charge in [-0.05, 0) is 42.7 Å². The van der Waals surface area contributed by atoms with Crippen LogP contribution in [0.4, 0.5) is 0 Å². The lowest BCUT2D eigenvalue weighted by Crippen LogP contribution is -2.28. The molecule has 2 N–H and O–H groups in total. The Morgan fingerprint density at radius 1 is 1.10 bits per heavy atom. The van der Waals surface area contributed by atoms with E-state index in [4.69, 9.17) is 5.11 Å². The van der Waals surface area contributed by atoms with Gasteiger partial charge in [0.1, 0.15) is 0 Å². The zero-order valence-electron chi connectivity index (χ0n) is 11.6. The summed E-state index contributed by atoms with van der Waals surface area (Å²) in [6, 6.07) is 17.0. The van der Waals surface area contributed by atoms with Gasteiger partial charge in [-0.3, -0.25) is 4.79 Å². The van der Waals surface area contributed by atoms with Gasteiger partial charge in [-0.1, -0.05) is 46.3 Å². The first-order valence-corrected chi connectivity index (χ1v) is 7.72. The van der Waals surface area contributed by atoms with Gasteiger partial charge in [0, 0.05) is 16.6 Å². The van der Waals surface area contributed by atoms with Gasteiger partial charge < -0.3 is 10.4 Å². The summed E-state index contributed by atoms with van der Waals surface area (Å²) in [6.07, 6.45) is 1.36. The maximum atomic E-state index is 12.3. The minimum Gasteiger partial charge on any atom is -0.396 e. The molecule has 0 aliphatic heterocycles. The Kier molecular flexibility index (Phi) is 5.96. The number of nitrogens with one attached hydrogen (secondary N) is 1. The molecule has 4 heteroatoms. The van der Waals surface area contributed by atoms with Crippen molar-refractivity contribution in [2.75, 3.05) is 6.61 Å². The van der Waals surface area contributed by atoms with Gasteiger partial charge in [0.05, 0.1) is 6.04 Å². The fraction of sp³-hybridized carbons (Fsp3) is 0.235. The Morgan fingerprint density at radius 3 is 2.38 bits per heavy atom. The molecule has 0 bridgehead atoms. The summed E-state index contributed by atoms with van der Waals surface area (Å²) >= 11 is 3.36. The fourth-order valence-electron chi connectivity index (χ4n) is 2.15. The second-order valence-electron chi connectivity index (χ2n) is 4.81. The molecule has 0 aliphatic rings. The van der Waals surface area contributed by atoms with Crippen molar-refractivity contribution in [1.29, 1.82) is 0 Å². The smallest absolute Gasteiger partial charge is 0.251 e. The normalized spacial score (nSPS) is 11.9. The number of hydrogen-bond acceptors (Lipinski definition) is 2. The zero-order chi connectivity index (χ0) is 15.1. The van der Waals surface area contributed by atoms with Gasteiger partial charge in [0.15, 0.2) is 0 Å². The van der Waals surface area contributed by atoms with Crippen LogP contribution in [0.5, 0.6) is 0 Å². The van der Waals surface area contributed by atoms with Crippen LogP contribution in [0.3, 0.4) is 0 Å². The SMILES string of the molecule is O=C(NC(CCCO)c1ccccc1)c1ccc(Br)cc1. The van der Waals surface area contributed by atoms with Crippen molar-refractivity contribution in [2.45, 2.75) is 18.9 Å². The van der Waals surface area contributed by atoms with E-state index in [1.165, 1.54) is 0 Å². The number of hydrogen-bond donors (Lipinski definition) is 2. The van der Waals surface area contributed by atoms with Crippen LogP contribution in [0.2, 0.25) is 0 Å². The topological polar surface area (TPSA) is 49.3 Å². The predicted octanol–water partition coefficient (Wildman–Crippen LogP) is 3.69. The molecule has 0 fully saturated rings. The molecule has 0 aromatic heterocycles.